The largest absolute Gasteiger partial charge is 0.502 e. The van der Waals surface area contributed by atoms with Crippen LogP contribution in [0, 0.1) is 0 Å². The van der Waals surface area contributed by atoms with Crippen LogP contribution < -0.4 is 24.8 Å². The molecule has 0 unspecified atom stereocenters. The number of urea groups is 1. The lowest BCUT2D eigenvalue weighted by atomic mass is 10.1. The molecule has 0 radical (unpaired) electrons. The van der Waals surface area contributed by atoms with Crippen LogP contribution in [0.2, 0.25) is 0 Å². The number of rotatable bonds is 7. The van der Waals surface area contributed by atoms with Crippen LogP contribution in [-0.2, 0) is 9.59 Å². The number of imide groups is 1. The number of para-hydroxylation sites is 2. The predicted octanol–water partition coefficient (Wildman–Crippen LogP) is 1.95. The molecule has 0 atom stereocenters. The van der Waals surface area contributed by atoms with E-state index in [1.807, 2.05) is 0 Å². The van der Waals surface area contributed by atoms with Crippen molar-refractivity contribution in [1.82, 2.24) is 10.2 Å². The molecule has 2 aromatic carbocycles. The minimum atomic E-state index is -0.732. The summed E-state index contributed by atoms with van der Waals surface area (Å²) in [6.45, 7) is -0.484. The number of carbonyl (C=O) groups excluding carboxylic acids is 3. The fourth-order valence-electron chi connectivity index (χ4n) is 2.96. The van der Waals surface area contributed by atoms with E-state index in [9.17, 15) is 19.5 Å². The number of benzene rings is 2. The highest BCUT2D eigenvalue weighted by atomic mass is 16.5. The minimum Gasteiger partial charge on any atom is -0.502 e. The van der Waals surface area contributed by atoms with Gasteiger partial charge in [-0.25, -0.2) is 9.69 Å². The second-order valence-electron chi connectivity index (χ2n) is 6.40. The zero-order valence-corrected chi connectivity index (χ0v) is 17.1. The normalized spacial score (nSPS) is 14.4. The van der Waals surface area contributed by atoms with Gasteiger partial charge in [-0.1, -0.05) is 12.1 Å². The number of hydrogen-bond donors (Lipinski definition) is 3. The molecular formula is C21H21N3O7. The molecule has 2 aromatic rings. The summed E-state index contributed by atoms with van der Waals surface area (Å²) in [5.74, 6) is -0.715. The van der Waals surface area contributed by atoms with E-state index in [-0.39, 0.29) is 22.9 Å². The van der Waals surface area contributed by atoms with E-state index in [4.69, 9.17) is 14.2 Å². The number of aromatic hydroxyl groups is 1. The number of ether oxygens (including phenoxy) is 3. The maximum atomic E-state index is 12.7. The average molecular weight is 427 g/mol. The second kappa shape index (κ2) is 9.08. The van der Waals surface area contributed by atoms with Crippen LogP contribution in [0.5, 0.6) is 23.0 Å². The zero-order valence-electron chi connectivity index (χ0n) is 17.1. The summed E-state index contributed by atoms with van der Waals surface area (Å²) in [4.78, 5) is 38.1. The molecule has 1 saturated heterocycles. The SMILES string of the molecule is COc1ccccc1NC(=O)CN1C(=O)N/C(=C/c2cc(OC)c(O)c(OC)c2)C1=O. The molecule has 1 aliphatic heterocycles. The molecule has 0 bridgehead atoms. The van der Waals surface area contributed by atoms with Gasteiger partial charge in [0, 0.05) is 0 Å². The van der Waals surface area contributed by atoms with E-state index in [1.54, 1.807) is 24.3 Å². The molecule has 0 spiro atoms. The van der Waals surface area contributed by atoms with Gasteiger partial charge in [-0.2, -0.15) is 0 Å². The van der Waals surface area contributed by atoms with Gasteiger partial charge in [0.1, 0.15) is 18.0 Å². The summed E-state index contributed by atoms with van der Waals surface area (Å²) in [5, 5.41) is 15.0. The lowest BCUT2D eigenvalue weighted by molar-refractivity contribution is -0.127. The maximum Gasteiger partial charge on any atom is 0.329 e. The summed E-state index contributed by atoms with van der Waals surface area (Å²) in [6, 6.07) is 8.99. The Labute approximate surface area is 178 Å². The van der Waals surface area contributed by atoms with Gasteiger partial charge in [-0.15, -0.1) is 0 Å². The lowest BCUT2D eigenvalue weighted by Crippen LogP contribution is -2.38. The Hall–Kier alpha value is -4.21. The minimum absolute atomic E-state index is 0.0371. The van der Waals surface area contributed by atoms with Crippen LogP contribution in [0.4, 0.5) is 10.5 Å². The standard InChI is InChI=1S/C21H21N3O7/c1-29-15-7-5-4-6-13(15)22-18(25)11-24-20(27)14(23-21(24)28)8-12-9-16(30-2)19(26)17(10-12)31-3/h4-10,26H,11H2,1-3H3,(H,22,25)(H,23,28)/b14-8+. The van der Waals surface area contributed by atoms with Gasteiger partial charge in [0.15, 0.2) is 11.5 Å². The molecule has 1 aliphatic rings. The number of methoxy groups -OCH3 is 3. The van der Waals surface area contributed by atoms with Crippen molar-refractivity contribution in [3.8, 4) is 23.0 Å². The summed E-state index contributed by atoms with van der Waals surface area (Å²) in [6.07, 6.45) is 1.39. The van der Waals surface area contributed by atoms with E-state index < -0.39 is 24.4 Å². The number of nitrogens with one attached hydrogen (secondary N) is 2. The van der Waals surface area contributed by atoms with E-state index in [0.717, 1.165) is 4.90 Å². The van der Waals surface area contributed by atoms with Gasteiger partial charge in [-0.05, 0) is 35.9 Å². The number of nitrogens with zero attached hydrogens (tertiary/aromatic N) is 1. The fraction of sp³-hybridized carbons (Fsp3) is 0.190. The number of phenolic OH excluding ortho intramolecular Hbond substituents is 1. The number of carbonyl (C=O) groups is 3. The fourth-order valence-corrected chi connectivity index (χ4v) is 2.96. The summed E-state index contributed by atoms with van der Waals surface area (Å²) in [5.41, 5.74) is 0.821. The van der Waals surface area contributed by atoms with Crippen LogP contribution in [0.3, 0.4) is 0 Å². The van der Waals surface area contributed by atoms with Gasteiger partial charge in [0.25, 0.3) is 5.91 Å². The van der Waals surface area contributed by atoms with Gasteiger partial charge in [0.2, 0.25) is 11.7 Å². The van der Waals surface area contributed by atoms with Gasteiger partial charge in [0.05, 0.1) is 27.0 Å². The molecule has 10 heteroatoms. The average Bonchev–Trinajstić information content (AvgIpc) is 3.02. The van der Waals surface area contributed by atoms with Gasteiger partial charge < -0.3 is 30.0 Å². The summed E-state index contributed by atoms with van der Waals surface area (Å²) in [7, 11) is 4.21. The Bertz CT molecular complexity index is 1040. The van der Waals surface area contributed by atoms with E-state index in [2.05, 4.69) is 10.6 Å². The first-order chi connectivity index (χ1) is 14.9. The number of phenols is 1. The Morgan fingerprint density at radius 1 is 1.06 bits per heavy atom. The highest BCUT2D eigenvalue weighted by Crippen LogP contribution is 2.37. The Morgan fingerprint density at radius 2 is 1.68 bits per heavy atom. The van der Waals surface area contributed by atoms with Crippen LogP contribution in [-0.4, -0.2) is 55.7 Å². The third-order valence-corrected chi connectivity index (χ3v) is 4.46. The Kier molecular flexibility index (Phi) is 6.29. The molecule has 3 rings (SSSR count). The molecule has 3 N–H and O–H groups in total. The molecule has 1 fully saturated rings. The highest BCUT2D eigenvalue weighted by molar-refractivity contribution is 6.16. The number of hydrogen-bond acceptors (Lipinski definition) is 7. The number of anilines is 1. The van der Waals surface area contributed by atoms with Crippen molar-refractivity contribution in [2.45, 2.75) is 0 Å². The third-order valence-electron chi connectivity index (χ3n) is 4.46. The van der Waals surface area contributed by atoms with Crippen LogP contribution in [0.15, 0.2) is 42.1 Å². The second-order valence-corrected chi connectivity index (χ2v) is 6.40. The van der Waals surface area contributed by atoms with Gasteiger partial charge in [-0.3, -0.25) is 9.59 Å². The molecule has 0 saturated carbocycles. The van der Waals surface area contributed by atoms with Crippen molar-refractivity contribution in [2.24, 2.45) is 0 Å². The molecule has 162 valence electrons. The van der Waals surface area contributed by atoms with Crippen molar-refractivity contribution < 1.29 is 33.7 Å². The first kappa shape index (κ1) is 21.5. The predicted molar refractivity (Wildman–Crippen MR) is 111 cm³/mol. The van der Waals surface area contributed by atoms with Crippen molar-refractivity contribution >= 4 is 29.6 Å². The molecular weight excluding hydrogens is 406 g/mol. The van der Waals surface area contributed by atoms with E-state index >= 15 is 0 Å². The summed E-state index contributed by atoms with van der Waals surface area (Å²) < 4.78 is 15.3. The van der Waals surface area contributed by atoms with Crippen LogP contribution in [0.1, 0.15) is 5.56 Å². The Morgan fingerprint density at radius 3 is 2.29 bits per heavy atom. The zero-order chi connectivity index (χ0) is 22.5. The molecule has 4 amide bonds. The van der Waals surface area contributed by atoms with Crippen molar-refractivity contribution in [3.05, 3.63) is 47.7 Å². The monoisotopic (exact) mass is 427 g/mol. The highest BCUT2D eigenvalue weighted by Gasteiger charge is 2.35. The van der Waals surface area contributed by atoms with E-state index in [1.165, 1.54) is 39.5 Å². The van der Waals surface area contributed by atoms with Crippen molar-refractivity contribution in [2.75, 3.05) is 33.2 Å². The lowest BCUT2D eigenvalue weighted by Gasteiger charge is -2.13. The van der Waals surface area contributed by atoms with Gasteiger partial charge >= 0.3 is 6.03 Å². The molecule has 1 heterocycles. The molecule has 0 aliphatic carbocycles. The third kappa shape index (κ3) is 4.53. The number of amides is 4. The summed E-state index contributed by atoms with van der Waals surface area (Å²) >= 11 is 0. The Balaban J connectivity index is 1.77. The van der Waals surface area contributed by atoms with Crippen LogP contribution in [0.25, 0.3) is 6.08 Å². The maximum absolute atomic E-state index is 12.7. The molecule has 10 nitrogen and oxygen atoms in total. The van der Waals surface area contributed by atoms with Crippen LogP contribution >= 0.6 is 0 Å². The van der Waals surface area contributed by atoms with E-state index in [0.29, 0.717) is 17.0 Å². The van der Waals surface area contributed by atoms with Crippen molar-refractivity contribution in [1.29, 1.82) is 0 Å². The quantitative estimate of drug-likeness (QED) is 0.455. The molecule has 0 aromatic heterocycles. The first-order valence-electron chi connectivity index (χ1n) is 9.10. The smallest absolute Gasteiger partial charge is 0.329 e. The molecule has 31 heavy (non-hydrogen) atoms. The van der Waals surface area contributed by atoms with Crippen molar-refractivity contribution in [3.63, 3.8) is 0 Å². The first-order valence-corrected chi connectivity index (χ1v) is 9.10. The topological polar surface area (TPSA) is 126 Å².